The van der Waals surface area contributed by atoms with Crippen LogP contribution in [0.2, 0.25) is 0 Å². The largest absolute Gasteiger partial charge is 0.388 e. The lowest BCUT2D eigenvalue weighted by Crippen LogP contribution is -2.30. The third kappa shape index (κ3) is 2.68. The average Bonchev–Trinajstić information content (AvgIpc) is 2.80. The summed E-state index contributed by atoms with van der Waals surface area (Å²) in [4.78, 5) is 12.9. The Morgan fingerprint density at radius 2 is 1.80 bits per heavy atom. The molecule has 30 heavy (non-hydrogen) atoms. The predicted octanol–water partition coefficient (Wildman–Crippen LogP) is 4.27. The van der Waals surface area contributed by atoms with Gasteiger partial charge in [-0.25, -0.2) is 0 Å². The van der Waals surface area contributed by atoms with Crippen molar-refractivity contribution in [1.29, 1.82) is 0 Å². The van der Waals surface area contributed by atoms with Gasteiger partial charge >= 0.3 is 0 Å². The monoisotopic (exact) mass is 391 g/mol. The van der Waals surface area contributed by atoms with E-state index in [0.29, 0.717) is 6.42 Å². The van der Waals surface area contributed by atoms with Crippen LogP contribution in [0.25, 0.3) is 17.7 Å². The number of benzene rings is 3. The third-order valence-corrected chi connectivity index (χ3v) is 6.68. The molecule has 0 aromatic heterocycles. The van der Waals surface area contributed by atoms with Crippen LogP contribution in [0.5, 0.6) is 0 Å². The molecular formula is C28H25NO. The standard InChI is InChI=1S/C28H25NO/c1-4-18-8-5-6-9-20(18)25-16-27(30)17(2)19-12-13-22-21-10-7-11-26(29-3)23(21)14-15-24(22)28(19)25/h4-14,25,29H,1,15-16H2,2-3H3. The molecule has 0 aliphatic heterocycles. The van der Waals surface area contributed by atoms with Gasteiger partial charge in [-0.15, -0.1) is 0 Å². The number of fused-ring (bicyclic) bond motifs is 4. The van der Waals surface area contributed by atoms with Crippen LogP contribution >= 0.6 is 0 Å². The molecule has 0 spiro atoms. The molecule has 2 aliphatic carbocycles. The van der Waals surface area contributed by atoms with Crippen LogP contribution in [-0.4, -0.2) is 12.8 Å². The van der Waals surface area contributed by atoms with Gasteiger partial charge < -0.3 is 5.32 Å². The Morgan fingerprint density at radius 3 is 2.60 bits per heavy atom. The number of carbonyl (C=O) groups is 1. The second-order valence-corrected chi connectivity index (χ2v) is 8.12. The number of anilines is 1. The minimum Gasteiger partial charge on any atom is -0.388 e. The average molecular weight is 392 g/mol. The van der Waals surface area contributed by atoms with Crippen molar-refractivity contribution in [3.8, 4) is 0 Å². The van der Waals surface area contributed by atoms with Gasteiger partial charge in [-0.2, -0.15) is 0 Å². The fraction of sp³-hybridized carbons (Fsp3) is 0.179. The second kappa shape index (κ2) is 7.14. The van der Waals surface area contributed by atoms with Gasteiger partial charge in [0.2, 0.25) is 0 Å². The minimum absolute atomic E-state index is 0.0581. The summed E-state index contributed by atoms with van der Waals surface area (Å²) in [7, 11) is 1.97. The quantitative estimate of drug-likeness (QED) is 0.722. The number of nitrogens with one attached hydrogen (secondary N) is 1. The van der Waals surface area contributed by atoms with Gasteiger partial charge in [-0.3, -0.25) is 4.79 Å². The molecule has 3 aromatic rings. The van der Waals surface area contributed by atoms with E-state index >= 15 is 0 Å². The van der Waals surface area contributed by atoms with E-state index in [-0.39, 0.29) is 11.7 Å². The Morgan fingerprint density at radius 1 is 1.00 bits per heavy atom. The van der Waals surface area contributed by atoms with Crippen molar-refractivity contribution < 1.29 is 4.79 Å². The first kappa shape index (κ1) is 18.6. The highest BCUT2D eigenvalue weighted by Gasteiger charge is 2.29. The number of rotatable bonds is 3. The zero-order valence-corrected chi connectivity index (χ0v) is 17.5. The van der Waals surface area contributed by atoms with E-state index < -0.39 is 0 Å². The van der Waals surface area contributed by atoms with Crippen molar-refractivity contribution in [2.24, 2.45) is 0 Å². The van der Waals surface area contributed by atoms with Crippen LogP contribution < -0.4 is 15.8 Å². The SMILES string of the molecule is C=Cc1ccccc1C1CC(=O)C(C)=c2ccc3c(c21)CC=c1c(NC)cccc1=3. The van der Waals surface area contributed by atoms with Gasteiger partial charge in [-0.05, 0) is 62.9 Å². The summed E-state index contributed by atoms with van der Waals surface area (Å²) in [5.41, 5.74) is 7.01. The fourth-order valence-electron chi connectivity index (χ4n) is 5.17. The minimum atomic E-state index is 0.0581. The zero-order chi connectivity index (χ0) is 20.8. The van der Waals surface area contributed by atoms with E-state index in [1.807, 2.05) is 26.1 Å². The molecule has 2 heteroatoms. The van der Waals surface area contributed by atoms with E-state index in [2.05, 4.69) is 66.5 Å². The highest BCUT2D eigenvalue weighted by atomic mass is 16.1. The highest BCUT2D eigenvalue weighted by molar-refractivity contribution is 6.15. The van der Waals surface area contributed by atoms with E-state index in [1.165, 1.54) is 32.3 Å². The first-order valence-electron chi connectivity index (χ1n) is 10.5. The van der Waals surface area contributed by atoms with Crippen LogP contribution in [-0.2, 0) is 11.2 Å². The van der Waals surface area contributed by atoms with Crippen LogP contribution in [0.3, 0.4) is 0 Å². The lowest BCUT2D eigenvalue weighted by atomic mass is 9.75. The molecule has 0 fully saturated rings. The molecule has 1 N–H and O–H groups in total. The van der Waals surface area contributed by atoms with Crippen LogP contribution in [0, 0.1) is 10.4 Å². The van der Waals surface area contributed by atoms with Gasteiger partial charge in [0.1, 0.15) is 0 Å². The summed E-state index contributed by atoms with van der Waals surface area (Å²) in [5, 5.41) is 8.24. The Balaban J connectivity index is 1.92. The van der Waals surface area contributed by atoms with Crippen LogP contribution in [0.15, 0.2) is 61.2 Å². The molecule has 0 radical (unpaired) electrons. The molecule has 3 aromatic carbocycles. The molecule has 2 nitrogen and oxygen atoms in total. The van der Waals surface area contributed by atoms with Crippen molar-refractivity contribution in [2.45, 2.75) is 25.7 Å². The van der Waals surface area contributed by atoms with Gasteiger partial charge in [0, 0.05) is 30.3 Å². The summed E-state index contributed by atoms with van der Waals surface area (Å²) >= 11 is 0. The highest BCUT2D eigenvalue weighted by Crippen LogP contribution is 2.36. The van der Waals surface area contributed by atoms with Gasteiger partial charge in [0.05, 0.1) is 0 Å². The first-order valence-corrected chi connectivity index (χ1v) is 10.5. The van der Waals surface area contributed by atoms with Crippen molar-refractivity contribution >= 4 is 29.2 Å². The second-order valence-electron chi connectivity index (χ2n) is 8.12. The first-order chi connectivity index (χ1) is 14.6. The van der Waals surface area contributed by atoms with E-state index in [9.17, 15) is 4.79 Å². The van der Waals surface area contributed by atoms with Crippen molar-refractivity contribution in [2.75, 3.05) is 12.4 Å². The van der Waals surface area contributed by atoms with Crippen molar-refractivity contribution in [1.82, 2.24) is 0 Å². The molecule has 2 aliphatic rings. The van der Waals surface area contributed by atoms with Crippen molar-refractivity contribution in [3.63, 3.8) is 0 Å². The molecule has 1 atom stereocenters. The third-order valence-electron chi connectivity index (χ3n) is 6.68. The van der Waals surface area contributed by atoms with Gasteiger partial charge in [0.15, 0.2) is 5.78 Å². The van der Waals surface area contributed by atoms with Gasteiger partial charge in [-0.1, -0.05) is 67.3 Å². The topological polar surface area (TPSA) is 29.1 Å². The number of ketones is 1. The normalized spacial score (nSPS) is 16.8. The zero-order valence-electron chi connectivity index (χ0n) is 17.5. The molecule has 0 bridgehead atoms. The maximum Gasteiger partial charge on any atom is 0.160 e. The van der Waals surface area contributed by atoms with Crippen molar-refractivity contribution in [3.05, 3.63) is 104 Å². The maximum atomic E-state index is 12.9. The molecular weight excluding hydrogens is 366 g/mol. The Hall–Kier alpha value is -3.39. The number of Topliss-reactive ketones (excluding diaryl/α,β-unsaturated/α-hetero) is 1. The molecule has 5 rings (SSSR count). The van der Waals surface area contributed by atoms with Gasteiger partial charge in [0.25, 0.3) is 0 Å². The number of carbonyl (C=O) groups excluding carboxylic acids is 1. The molecule has 0 heterocycles. The summed E-state index contributed by atoms with van der Waals surface area (Å²) in [6.07, 6.45) is 5.62. The summed E-state index contributed by atoms with van der Waals surface area (Å²) < 4.78 is 0. The smallest absolute Gasteiger partial charge is 0.160 e. The molecule has 1 unspecified atom stereocenters. The summed E-state index contributed by atoms with van der Waals surface area (Å²) in [6, 6.07) is 19.1. The Bertz CT molecular complexity index is 1430. The predicted molar refractivity (Wildman–Crippen MR) is 125 cm³/mol. The maximum absolute atomic E-state index is 12.9. The van der Waals surface area contributed by atoms with E-state index in [0.717, 1.165) is 28.5 Å². The lowest BCUT2D eigenvalue weighted by Gasteiger charge is -2.28. The number of hydrogen-bond acceptors (Lipinski definition) is 2. The van der Waals surface area contributed by atoms with Crippen LogP contribution in [0.1, 0.15) is 41.5 Å². The Labute approximate surface area is 176 Å². The Kier molecular flexibility index (Phi) is 4.43. The molecule has 0 amide bonds. The summed E-state index contributed by atoms with van der Waals surface area (Å²) in [5.74, 6) is 0.298. The number of hydrogen-bond donors (Lipinski definition) is 1. The van der Waals surface area contributed by atoms with E-state index in [4.69, 9.17) is 0 Å². The van der Waals surface area contributed by atoms with Crippen LogP contribution in [0.4, 0.5) is 5.69 Å². The van der Waals surface area contributed by atoms with E-state index in [1.54, 1.807) is 0 Å². The molecule has 0 saturated heterocycles. The molecule has 0 saturated carbocycles. The lowest BCUT2D eigenvalue weighted by molar-refractivity contribution is -0.114. The molecule has 148 valence electrons. The fourth-order valence-corrected chi connectivity index (χ4v) is 5.17. The summed E-state index contributed by atoms with van der Waals surface area (Å²) in [6.45, 7) is 5.98.